The molecule has 1 aromatic heterocycles. The van der Waals surface area contributed by atoms with E-state index in [-0.39, 0.29) is 17.9 Å². The second-order valence-corrected chi connectivity index (χ2v) is 7.43. The van der Waals surface area contributed by atoms with Crippen molar-refractivity contribution in [2.75, 3.05) is 42.9 Å². The smallest absolute Gasteiger partial charge is 0.241 e. The van der Waals surface area contributed by atoms with E-state index in [0.29, 0.717) is 25.5 Å². The molecule has 2 N–H and O–H groups in total. The molecule has 2 saturated heterocycles. The summed E-state index contributed by atoms with van der Waals surface area (Å²) >= 11 is 0. The number of hydrogen-bond acceptors (Lipinski definition) is 6. The highest BCUT2D eigenvalue weighted by Gasteiger charge is 2.23. The summed E-state index contributed by atoms with van der Waals surface area (Å²) in [6.45, 7) is 3.69. The van der Waals surface area contributed by atoms with Gasteiger partial charge in [-0.05, 0) is 43.1 Å². The van der Waals surface area contributed by atoms with Crippen LogP contribution in [0.3, 0.4) is 0 Å². The van der Waals surface area contributed by atoms with Gasteiger partial charge in [-0.2, -0.15) is 0 Å². The van der Waals surface area contributed by atoms with Crippen molar-refractivity contribution >= 4 is 23.5 Å². The SMILES string of the molecule is O=C(Nc1ccc(CC(=O)N2CCN(c3ncccn3)CC2)cc1)C1CCCN1. The van der Waals surface area contributed by atoms with Gasteiger partial charge in [0.2, 0.25) is 17.8 Å². The average molecular weight is 394 g/mol. The van der Waals surface area contributed by atoms with Crippen molar-refractivity contribution in [3.05, 3.63) is 48.3 Å². The highest BCUT2D eigenvalue weighted by Crippen LogP contribution is 2.15. The Hall–Kier alpha value is -3.00. The summed E-state index contributed by atoms with van der Waals surface area (Å²) in [6, 6.07) is 9.23. The third-order valence-corrected chi connectivity index (χ3v) is 5.42. The molecule has 4 rings (SSSR count). The van der Waals surface area contributed by atoms with Gasteiger partial charge < -0.3 is 20.4 Å². The summed E-state index contributed by atoms with van der Waals surface area (Å²) < 4.78 is 0. The number of piperazine rings is 1. The normalized spacial score (nSPS) is 19.2. The minimum atomic E-state index is -0.101. The maximum atomic E-state index is 12.6. The molecular weight excluding hydrogens is 368 g/mol. The van der Waals surface area contributed by atoms with E-state index in [1.165, 1.54) is 0 Å². The summed E-state index contributed by atoms with van der Waals surface area (Å²) in [6.07, 6.45) is 5.74. The average Bonchev–Trinajstić information content (AvgIpc) is 3.31. The Morgan fingerprint density at radius 3 is 2.45 bits per heavy atom. The molecular formula is C21H26N6O2. The van der Waals surface area contributed by atoms with E-state index in [2.05, 4.69) is 25.5 Å². The van der Waals surface area contributed by atoms with Crippen molar-refractivity contribution in [2.45, 2.75) is 25.3 Å². The third-order valence-electron chi connectivity index (χ3n) is 5.42. The van der Waals surface area contributed by atoms with E-state index in [0.717, 1.165) is 43.7 Å². The maximum Gasteiger partial charge on any atom is 0.241 e. The van der Waals surface area contributed by atoms with Gasteiger partial charge in [-0.15, -0.1) is 0 Å². The van der Waals surface area contributed by atoms with Crippen molar-refractivity contribution < 1.29 is 9.59 Å². The molecule has 1 aromatic carbocycles. The van der Waals surface area contributed by atoms with Crippen LogP contribution >= 0.6 is 0 Å². The molecule has 8 nitrogen and oxygen atoms in total. The predicted molar refractivity (Wildman–Crippen MR) is 111 cm³/mol. The number of nitrogens with zero attached hydrogens (tertiary/aromatic N) is 4. The lowest BCUT2D eigenvalue weighted by Crippen LogP contribution is -2.49. The fourth-order valence-electron chi connectivity index (χ4n) is 3.74. The Balaban J connectivity index is 1.26. The molecule has 8 heteroatoms. The minimum absolute atomic E-state index is 0.00610. The lowest BCUT2D eigenvalue weighted by atomic mass is 10.1. The van der Waals surface area contributed by atoms with E-state index in [4.69, 9.17) is 0 Å². The summed E-state index contributed by atoms with van der Waals surface area (Å²) in [4.78, 5) is 37.3. The number of carbonyl (C=O) groups excluding carboxylic acids is 2. The molecule has 0 radical (unpaired) electrons. The molecule has 0 bridgehead atoms. The fraction of sp³-hybridized carbons (Fsp3) is 0.429. The Kier molecular flexibility index (Phi) is 6.00. The van der Waals surface area contributed by atoms with Crippen LogP contribution in [0.1, 0.15) is 18.4 Å². The standard InChI is InChI=1S/C21H26N6O2/c28-19(26-11-13-27(14-12-26)21-23-9-2-10-24-21)15-16-4-6-17(7-5-16)25-20(29)18-3-1-8-22-18/h2,4-7,9-10,18,22H,1,3,8,11-15H2,(H,25,29). The molecule has 2 amide bonds. The molecule has 2 aliphatic rings. The highest BCUT2D eigenvalue weighted by molar-refractivity contribution is 5.95. The number of benzene rings is 1. The van der Waals surface area contributed by atoms with Crippen LogP contribution in [0.2, 0.25) is 0 Å². The van der Waals surface area contributed by atoms with E-state index in [9.17, 15) is 9.59 Å². The van der Waals surface area contributed by atoms with Crippen LogP contribution < -0.4 is 15.5 Å². The monoisotopic (exact) mass is 394 g/mol. The van der Waals surface area contributed by atoms with Gasteiger partial charge in [-0.25, -0.2) is 9.97 Å². The number of nitrogens with one attached hydrogen (secondary N) is 2. The highest BCUT2D eigenvalue weighted by atomic mass is 16.2. The Bertz CT molecular complexity index is 828. The first-order valence-corrected chi connectivity index (χ1v) is 10.1. The first-order chi connectivity index (χ1) is 14.2. The molecule has 0 spiro atoms. The lowest BCUT2D eigenvalue weighted by molar-refractivity contribution is -0.130. The first kappa shape index (κ1) is 19.3. The van der Waals surface area contributed by atoms with Gasteiger partial charge in [0.05, 0.1) is 12.5 Å². The number of hydrogen-bond donors (Lipinski definition) is 2. The quantitative estimate of drug-likeness (QED) is 0.788. The molecule has 2 aromatic rings. The van der Waals surface area contributed by atoms with Crippen molar-refractivity contribution in [1.82, 2.24) is 20.2 Å². The van der Waals surface area contributed by atoms with E-state index >= 15 is 0 Å². The van der Waals surface area contributed by atoms with Crippen LogP contribution in [-0.2, 0) is 16.0 Å². The molecule has 1 atom stereocenters. The van der Waals surface area contributed by atoms with Crippen LogP contribution in [0.15, 0.2) is 42.7 Å². The van der Waals surface area contributed by atoms with E-state index in [1.807, 2.05) is 29.2 Å². The predicted octanol–water partition coefficient (Wildman–Crippen LogP) is 1.06. The molecule has 2 aliphatic heterocycles. The van der Waals surface area contributed by atoms with Gasteiger partial charge in [-0.1, -0.05) is 12.1 Å². The first-order valence-electron chi connectivity index (χ1n) is 10.1. The number of amides is 2. The van der Waals surface area contributed by atoms with Gasteiger partial charge in [0.15, 0.2) is 0 Å². The minimum Gasteiger partial charge on any atom is -0.339 e. The molecule has 3 heterocycles. The van der Waals surface area contributed by atoms with Gasteiger partial charge in [0.1, 0.15) is 0 Å². The molecule has 29 heavy (non-hydrogen) atoms. The van der Waals surface area contributed by atoms with E-state index < -0.39 is 0 Å². The van der Waals surface area contributed by atoms with Gasteiger partial charge in [0.25, 0.3) is 0 Å². The topological polar surface area (TPSA) is 90.5 Å². The van der Waals surface area contributed by atoms with Gasteiger partial charge in [-0.3, -0.25) is 9.59 Å². The Morgan fingerprint density at radius 1 is 1.07 bits per heavy atom. The molecule has 152 valence electrons. The zero-order valence-electron chi connectivity index (χ0n) is 16.4. The number of carbonyl (C=O) groups is 2. The van der Waals surface area contributed by atoms with Gasteiger partial charge in [0, 0.05) is 44.3 Å². The largest absolute Gasteiger partial charge is 0.339 e. The van der Waals surface area contributed by atoms with Crippen LogP contribution in [0.4, 0.5) is 11.6 Å². The van der Waals surface area contributed by atoms with Crippen LogP contribution in [0.5, 0.6) is 0 Å². The number of aromatic nitrogens is 2. The van der Waals surface area contributed by atoms with Crippen molar-refractivity contribution in [2.24, 2.45) is 0 Å². The third kappa shape index (κ3) is 4.89. The summed E-state index contributed by atoms with van der Waals surface area (Å²) in [5.41, 5.74) is 1.71. The summed E-state index contributed by atoms with van der Waals surface area (Å²) in [5.74, 6) is 0.835. The molecule has 1 unspecified atom stereocenters. The summed E-state index contributed by atoms with van der Waals surface area (Å²) in [5, 5.41) is 6.12. The molecule has 2 fully saturated rings. The fourth-order valence-corrected chi connectivity index (χ4v) is 3.74. The molecule has 0 saturated carbocycles. The lowest BCUT2D eigenvalue weighted by Gasteiger charge is -2.34. The van der Waals surface area contributed by atoms with Crippen LogP contribution in [0.25, 0.3) is 0 Å². The summed E-state index contributed by atoms with van der Waals surface area (Å²) in [7, 11) is 0. The second-order valence-electron chi connectivity index (χ2n) is 7.43. The Labute approximate surface area is 170 Å². The van der Waals surface area contributed by atoms with Gasteiger partial charge >= 0.3 is 0 Å². The zero-order valence-corrected chi connectivity index (χ0v) is 16.4. The van der Waals surface area contributed by atoms with Crippen LogP contribution in [0, 0.1) is 0 Å². The molecule has 0 aliphatic carbocycles. The Morgan fingerprint density at radius 2 is 1.79 bits per heavy atom. The van der Waals surface area contributed by atoms with Crippen molar-refractivity contribution in [1.29, 1.82) is 0 Å². The number of rotatable bonds is 5. The van der Waals surface area contributed by atoms with Crippen LogP contribution in [-0.4, -0.2) is 65.4 Å². The van der Waals surface area contributed by atoms with E-state index in [1.54, 1.807) is 18.5 Å². The van der Waals surface area contributed by atoms with Crippen molar-refractivity contribution in [3.8, 4) is 0 Å². The zero-order chi connectivity index (χ0) is 20.1. The second kappa shape index (κ2) is 9.00. The number of anilines is 2. The maximum absolute atomic E-state index is 12.6. The van der Waals surface area contributed by atoms with Crippen molar-refractivity contribution in [3.63, 3.8) is 0 Å².